The molecule has 0 fully saturated rings. The minimum Gasteiger partial charge on any atom is -0.309 e. The van der Waals surface area contributed by atoms with Crippen molar-refractivity contribution in [2.75, 3.05) is 4.90 Å². The highest BCUT2D eigenvalue weighted by atomic mass is 15.2. The van der Waals surface area contributed by atoms with E-state index < -0.39 is 0 Å². The maximum Gasteiger partial charge on any atom is 0.238 e. The lowest BCUT2D eigenvalue weighted by Gasteiger charge is -2.34. The van der Waals surface area contributed by atoms with Crippen LogP contribution < -0.4 is 4.90 Å². The van der Waals surface area contributed by atoms with Gasteiger partial charge in [-0.25, -0.2) is 4.98 Å². The van der Waals surface area contributed by atoms with Gasteiger partial charge in [0.1, 0.15) is 0 Å². The Kier molecular flexibility index (Phi) is 7.16. The molecule has 2 aromatic heterocycles. The van der Waals surface area contributed by atoms with Crippen molar-refractivity contribution < 1.29 is 0 Å². The normalized spacial score (nSPS) is 12.1. The SMILES string of the molecule is c1ccc(-c2ccc(-c3nc(-c4cccc(N5c6c(ccc7ccccc67)-c6cccc7cccc5c67)c4)nc(-n4c5ccccc5c5ccccc54)n3)cc2)cc1. The Bertz CT molecular complexity index is 3340. The van der Waals surface area contributed by atoms with Crippen molar-refractivity contribution in [1.29, 1.82) is 0 Å². The maximum absolute atomic E-state index is 5.31. The van der Waals surface area contributed by atoms with E-state index in [0.717, 1.165) is 49.9 Å². The Morgan fingerprint density at radius 1 is 0.362 bits per heavy atom. The third-order valence-corrected chi connectivity index (χ3v) is 11.6. The van der Waals surface area contributed by atoms with Crippen LogP contribution >= 0.6 is 0 Å². The first-order chi connectivity index (χ1) is 28.8. The first-order valence-corrected chi connectivity index (χ1v) is 19.6. The van der Waals surface area contributed by atoms with Gasteiger partial charge >= 0.3 is 0 Å². The van der Waals surface area contributed by atoms with Gasteiger partial charge in [0.25, 0.3) is 0 Å². The second-order valence-electron chi connectivity index (χ2n) is 14.8. The van der Waals surface area contributed by atoms with Crippen LogP contribution in [0.1, 0.15) is 0 Å². The van der Waals surface area contributed by atoms with Crippen molar-refractivity contribution in [3.63, 3.8) is 0 Å². The van der Waals surface area contributed by atoms with E-state index in [1.807, 2.05) is 6.07 Å². The Balaban J connectivity index is 1.08. The lowest BCUT2D eigenvalue weighted by molar-refractivity contribution is 0.953. The van der Waals surface area contributed by atoms with E-state index >= 15 is 0 Å². The monoisotopic (exact) mass is 739 g/mol. The summed E-state index contributed by atoms with van der Waals surface area (Å²) < 4.78 is 2.17. The number of rotatable bonds is 5. The van der Waals surface area contributed by atoms with Gasteiger partial charge in [-0.2, -0.15) is 9.97 Å². The van der Waals surface area contributed by atoms with Crippen molar-refractivity contribution in [3.05, 3.63) is 200 Å². The highest BCUT2D eigenvalue weighted by molar-refractivity contribution is 6.19. The smallest absolute Gasteiger partial charge is 0.238 e. The predicted molar refractivity (Wildman–Crippen MR) is 239 cm³/mol. The van der Waals surface area contributed by atoms with Gasteiger partial charge in [-0.1, -0.05) is 170 Å². The summed E-state index contributed by atoms with van der Waals surface area (Å²) >= 11 is 0. The maximum atomic E-state index is 5.31. The zero-order valence-corrected chi connectivity index (χ0v) is 31.3. The van der Waals surface area contributed by atoms with E-state index in [-0.39, 0.29) is 0 Å². The summed E-state index contributed by atoms with van der Waals surface area (Å²) in [5.74, 6) is 1.78. The molecule has 0 saturated heterocycles. The van der Waals surface area contributed by atoms with Crippen molar-refractivity contribution in [3.8, 4) is 51.0 Å². The lowest BCUT2D eigenvalue weighted by atomic mass is 9.88. The fraction of sp³-hybridized carbons (Fsp3) is 0. The molecular weight excluding hydrogens is 707 g/mol. The predicted octanol–water partition coefficient (Wildman–Crippen LogP) is 13.7. The van der Waals surface area contributed by atoms with Gasteiger partial charge in [0.05, 0.1) is 22.4 Å². The number of para-hydroxylation sites is 2. The fourth-order valence-electron chi connectivity index (χ4n) is 8.92. The standard InChI is InChI=1S/C53H33N5/c1-2-13-34(14-3-1)35-27-29-38(30-28-35)51-54-52(56-53(55-51)58-46-24-8-6-21-42(46)43-22-7-9-25-47(43)58)39-18-10-19-40(33-39)57-48-26-12-17-37-16-11-23-44(49(37)48)45-32-31-36-15-4-5-20-41(36)50(45)57/h1-33H. The zero-order chi connectivity index (χ0) is 38.2. The van der Waals surface area contributed by atoms with Crippen LogP contribution in [0.2, 0.25) is 0 Å². The van der Waals surface area contributed by atoms with E-state index in [9.17, 15) is 0 Å². The van der Waals surface area contributed by atoms with Gasteiger partial charge < -0.3 is 4.90 Å². The molecule has 0 bridgehead atoms. The van der Waals surface area contributed by atoms with E-state index in [4.69, 9.17) is 15.0 Å². The molecule has 3 heterocycles. The first kappa shape index (κ1) is 32.4. The molecule has 270 valence electrons. The number of aromatic nitrogens is 4. The highest BCUT2D eigenvalue weighted by Crippen LogP contribution is 2.53. The van der Waals surface area contributed by atoms with E-state index in [1.165, 1.54) is 43.9 Å². The minimum absolute atomic E-state index is 0.572. The van der Waals surface area contributed by atoms with Crippen LogP contribution in [0.15, 0.2) is 200 Å². The zero-order valence-electron chi connectivity index (χ0n) is 31.3. The molecule has 1 aliphatic rings. The molecule has 0 aliphatic carbocycles. The van der Waals surface area contributed by atoms with Crippen molar-refractivity contribution in [2.45, 2.75) is 0 Å². The molecule has 9 aromatic carbocycles. The molecule has 5 nitrogen and oxygen atoms in total. The minimum atomic E-state index is 0.572. The largest absolute Gasteiger partial charge is 0.309 e. The summed E-state index contributed by atoms with van der Waals surface area (Å²) in [4.78, 5) is 18.2. The summed E-state index contributed by atoms with van der Waals surface area (Å²) in [6.07, 6.45) is 0. The van der Waals surface area contributed by atoms with Gasteiger partial charge in [-0.3, -0.25) is 4.57 Å². The summed E-state index contributed by atoms with van der Waals surface area (Å²) in [5, 5.41) is 7.17. The number of hydrogen-bond acceptors (Lipinski definition) is 4. The van der Waals surface area contributed by atoms with Crippen LogP contribution in [0.25, 0.3) is 94.3 Å². The number of fused-ring (bicyclic) bond motifs is 7. The van der Waals surface area contributed by atoms with Crippen LogP contribution in [-0.2, 0) is 0 Å². The summed E-state index contributed by atoms with van der Waals surface area (Å²) in [6.45, 7) is 0. The molecule has 12 rings (SSSR count). The van der Waals surface area contributed by atoms with Crippen molar-refractivity contribution >= 4 is 60.4 Å². The van der Waals surface area contributed by atoms with Crippen LogP contribution in [0.5, 0.6) is 0 Å². The Hall–Kier alpha value is -7.89. The molecule has 0 spiro atoms. The lowest BCUT2D eigenvalue weighted by Crippen LogP contribution is -2.15. The average molecular weight is 740 g/mol. The molecular formula is C53H33N5. The first-order valence-electron chi connectivity index (χ1n) is 19.6. The number of hydrogen-bond donors (Lipinski definition) is 0. The number of benzene rings is 9. The summed E-state index contributed by atoms with van der Waals surface area (Å²) in [6, 6.07) is 71.0. The van der Waals surface area contributed by atoms with Crippen molar-refractivity contribution in [2.24, 2.45) is 0 Å². The van der Waals surface area contributed by atoms with Crippen LogP contribution in [0.4, 0.5) is 17.1 Å². The fourth-order valence-corrected chi connectivity index (χ4v) is 8.92. The van der Waals surface area contributed by atoms with Crippen LogP contribution in [0.3, 0.4) is 0 Å². The molecule has 0 amide bonds. The molecule has 0 N–H and O–H groups in total. The molecule has 0 atom stereocenters. The molecule has 0 radical (unpaired) electrons. The molecule has 1 aliphatic heterocycles. The third kappa shape index (κ3) is 5.00. The molecule has 0 saturated carbocycles. The topological polar surface area (TPSA) is 46.8 Å². The van der Waals surface area contributed by atoms with Gasteiger partial charge in [0, 0.05) is 43.9 Å². The van der Waals surface area contributed by atoms with Crippen LogP contribution in [-0.4, -0.2) is 19.5 Å². The Morgan fingerprint density at radius 2 is 0.948 bits per heavy atom. The summed E-state index contributed by atoms with van der Waals surface area (Å²) in [7, 11) is 0. The number of anilines is 3. The summed E-state index contributed by atoms with van der Waals surface area (Å²) in [5.41, 5.74) is 12.0. The van der Waals surface area contributed by atoms with E-state index in [0.29, 0.717) is 17.6 Å². The van der Waals surface area contributed by atoms with Crippen molar-refractivity contribution in [1.82, 2.24) is 19.5 Å². The highest BCUT2D eigenvalue weighted by Gasteiger charge is 2.28. The quantitative estimate of drug-likeness (QED) is 0.176. The third-order valence-electron chi connectivity index (χ3n) is 11.6. The van der Waals surface area contributed by atoms with Crippen LogP contribution in [0, 0.1) is 0 Å². The average Bonchev–Trinajstić information content (AvgIpc) is 3.64. The molecule has 11 aromatic rings. The Labute approximate surface area is 334 Å². The second-order valence-corrected chi connectivity index (χ2v) is 14.8. The van der Waals surface area contributed by atoms with E-state index in [1.54, 1.807) is 0 Å². The van der Waals surface area contributed by atoms with Gasteiger partial charge in [-0.15, -0.1) is 0 Å². The van der Waals surface area contributed by atoms with Gasteiger partial charge in [0.15, 0.2) is 11.6 Å². The molecule has 0 unspecified atom stereocenters. The second kappa shape index (κ2) is 12.8. The molecule has 5 heteroatoms. The van der Waals surface area contributed by atoms with E-state index in [2.05, 4.69) is 204 Å². The molecule has 58 heavy (non-hydrogen) atoms. The van der Waals surface area contributed by atoms with Gasteiger partial charge in [0.2, 0.25) is 5.95 Å². The Morgan fingerprint density at radius 3 is 1.72 bits per heavy atom. The number of nitrogens with zero attached hydrogens (tertiary/aromatic N) is 5. The van der Waals surface area contributed by atoms with Gasteiger partial charge in [-0.05, 0) is 57.8 Å².